The van der Waals surface area contributed by atoms with E-state index in [4.69, 9.17) is 18.9 Å². The van der Waals surface area contributed by atoms with Crippen molar-refractivity contribution in [2.24, 2.45) is 0 Å². The fraction of sp³-hybridized carbons (Fsp3) is 0.382. The number of rotatable bonds is 21. The standard InChI is InChI=1S/C30H40O2.C25H32O2/c1-23(2)10-7-11-24(3)12-8-13-25(4)14-9-15-26(5)20-21-31-29-18-19-30-28(22-29)17-16-27(6)32-30;1-19(2)8-6-9-20(3)10-7-11-21(4)16-17-26-24-14-15-25-23(18-24)13-12-22(5)27-25/h10,12,14,16-20,22H,6-9,11,13,15,21H2,1-5H3;8,10,12-16,18H,5-7,9,11,17H2,1-4H3/b24-12+,25-14+,26-20+;20-10+,21-16+. The molecular formula is C55H72O4. The van der Waals surface area contributed by atoms with E-state index in [9.17, 15) is 0 Å². The van der Waals surface area contributed by atoms with Crippen LogP contribution < -0.4 is 18.9 Å². The Kier molecular flexibility index (Phi) is 21.8. The van der Waals surface area contributed by atoms with Gasteiger partial charge in [0.1, 0.15) is 47.7 Å². The first-order chi connectivity index (χ1) is 28.3. The molecule has 0 aromatic heterocycles. The lowest BCUT2D eigenvalue weighted by molar-refractivity contribution is 0.360. The van der Waals surface area contributed by atoms with Crippen LogP contribution in [0, 0.1) is 0 Å². The first-order valence-electron chi connectivity index (χ1n) is 21.5. The van der Waals surface area contributed by atoms with Crippen molar-refractivity contribution in [3.63, 3.8) is 0 Å². The molecule has 0 bridgehead atoms. The Balaban J connectivity index is 0.000000320. The Bertz CT molecular complexity index is 1980. The summed E-state index contributed by atoms with van der Waals surface area (Å²) < 4.78 is 22.9. The molecule has 2 heterocycles. The van der Waals surface area contributed by atoms with E-state index in [2.05, 4.69) is 118 Å². The van der Waals surface area contributed by atoms with E-state index < -0.39 is 0 Å². The van der Waals surface area contributed by atoms with Gasteiger partial charge in [-0.2, -0.15) is 0 Å². The van der Waals surface area contributed by atoms with Crippen LogP contribution in [0.4, 0.5) is 0 Å². The third-order valence-electron chi connectivity index (χ3n) is 9.98. The number of fused-ring (bicyclic) bond motifs is 2. The Hall–Kier alpha value is -5.22. The van der Waals surface area contributed by atoms with Gasteiger partial charge < -0.3 is 18.9 Å². The first kappa shape index (κ1) is 48.2. The summed E-state index contributed by atoms with van der Waals surface area (Å²) in [4.78, 5) is 0. The zero-order valence-corrected chi connectivity index (χ0v) is 37.8. The number of benzene rings is 2. The van der Waals surface area contributed by atoms with E-state index in [0.29, 0.717) is 24.7 Å². The molecule has 0 spiro atoms. The molecule has 2 aromatic carbocycles. The van der Waals surface area contributed by atoms with E-state index >= 15 is 0 Å². The van der Waals surface area contributed by atoms with Gasteiger partial charge in [0.2, 0.25) is 0 Å². The van der Waals surface area contributed by atoms with Crippen molar-refractivity contribution in [3.05, 3.63) is 166 Å². The van der Waals surface area contributed by atoms with Crippen molar-refractivity contribution in [1.29, 1.82) is 0 Å². The molecule has 2 aliphatic heterocycles. The quantitative estimate of drug-likeness (QED) is 0.118. The fourth-order valence-electron chi connectivity index (χ4n) is 6.28. The van der Waals surface area contributed by atoms with Gasteiger partial charge in [-0.05, 0) is 199 Å². The van der Waals surface area contributed by atoms with Crippen molar-refractivity contribution >= 4 is 12.2 Å². The van der Waals surface area contributed by atoms with Crippen molar-refractivity contribution < 1.29 is 18.9 Å². The minimum atomic E-state index is 0.585. The molecule has 0 radical (unpaired) electrons. The van der Waals surface area contributed by atoms with Crippen LogP contribution in [-0.4, -0.2) is 13.2 Å². The zero-order valence-electron chi connectivity index (χ0n) is 37.8. The second kappa shape index (κ2) is 26.7. The number of hydrogen-bond donors (Lipinski definition) is 0. The van der Waals surface area contributed by atoms with E-state index in [1.807, 2.05) is 60.7 Å². The average Bonchev–Trinajstić information content (AvgIpc) is 3.18. The second-order valence-electron chi connectivity index (χ2n) is 16.3. The molecule has 0 unspecified atom stereocenters. The summed E-state index contributed by atoms with van der Waals surface area (Å²) in [6.45, 7) is 28.5. The molecule has 0 N–H and O–H groups in total. The SMILES string of the molecule is C=C1C=Cc2cc(OC/C=C(\C)CC/C=C(\C)CC/C=C(\C)CCC=C(C)C)ccc2O1.C=C1C=Cc2cc(OC/C=C(\C)CC/C=C(\C)CCC=C(C)C)ccc2O1. The van der Waals surface area contributed by atoms with E-state index in [-0.39, 0.29) is 0 Å². The summed E-state index contributed by atoms with van der Waals surface area (Å²) in [5.41, 5.74) is 12.0. The molecule has 0 fully saturated rings. The van der Waals surface area contributed by atoms with Gasteiger partial charge in [0, 0.05) is 11.1 Å². The molecule has 4 rings (SSSR count). The molecule has 0 saturated heterocycles. The van der Waals surface area contributed by atoms with Crippen LogP contribution in [0.1, 0.15) is 138 Å². The zero-order chi connectivity index (χ0) is 43.0. The molecule has 316 valence electrons. The highest BCUT2D eigenvalue weighted by Crippen LogP contribution is 2.31. The van der Waals surface area contributed by atoms with Gasteiger partial charge in [0.05, 0.1) is 0 Å². The van der Waals surface area contributed by atoms with Crippen LogP contribution in [0.15, 0.2) is 155 Å². The van der Waals surface area contributed by atoms with Gasteiger partial charge in [0.15, 0.2) is 0 Å². The molecular weight excluding hydrogens is 725 g/mol. The molecule has 2 aromatic rings. The highest BCUT2D eigenvalue weighted by Gasteiger charge is 2.10. The van der Waals surface area contributed by atoms with E-state index in [1.165, 1.54) is 45.4 Å². The Morgan fingerprint density at radius 2 is 0.763 bits per heavy atom. The third-order valence-corrected chi connectivity index (χ3v) is 9.98. The van der Waals surface area contributed by atoms with Gasteiger partial charge in [-0.15, -0.1) is 0 Å². The Labute approximate surface area is 358 Å². The normalized spacial score (nSPS) is 14.0. The lowest BCUT2D eigenvalue weighted by atomic mass is 10.0. The van der Waals surface area contributed by atoms with Crippen molar-refractivity contribution in [2.45, 2.75) is 127 Å². The van der Waals surface area contributed by atoms with Crippen LogP contribution in [0.3, 0.4) is 0 Å². The van der Waals surface area contributed by atoms with Crippen LogP contribution in [0.25, 0.3) is 12.2 Å². The summed E-state index contributed by atoms with van der Waals surface area (Å²) in [5.74, 6) is 4.69. The number of allylic oxidation sites excluding steroid dienone is 14. The number of hydrogen-bond acceptors (Lipinski definition) is 4. The average molecular weight is 797 g/mol. The van der Waals surface area contributed by atoms with Crippen LogP contribution >= 0.6 is 0 Å². The lowest BCUT2D eigenvalue weighted by Crippen LogP contribution is -1.99. The Morgan fingerprint density at radius 3 is 1.10 bits per heavy atom. The maximum Gasteiger partial charge on any atom is 0.134 e. The summed E-state index contributed by atoms with van der Waals surface area (Å²) >= 11 is 0. The topological polar surface area (TPSA) is 36.9 Å². The van der Waals surface area contributed by atoms with E-state index in [1.54, 1.807) is 0 Å². The smallest absolute Gasteiger partial charge is 0.134 e. The highest BCUT2D eigenvalue weighted by molar-refractivity contribution is 5.65. The van der Waals surface area contributed by atoms with Gasteiger partial charge in [-0.1, -0.05) is 82.5 Å². The van der Waals surface area contributed by atoms with Gasteiger partial charge in [-0.25, -0.2) is 0 Å². The molecule has 0 amide bonds. The fourth-order valence-corrected chi connectivity index (χ4v) is 6.28. The van der Waals surface area contributed by atoms with Crippen molar-refractivity contribution in [3.8, 4) is 23.0 Å². The lowest BCUT2D eigenvalue weighted by Gasteiger charge is -2.14. The minimum Gasteiger partial charge on any atom is -0.490 e. The maximum absolute atomic E-state index is 5.90. The molecule has 4 nitrogen and oxygen atoms in total. The summed E-state index contributed by atoms with van der Waals surface area (Å²) in [6.07, 6.45) is 35.1. The molecule has 59 heavy (non-hydrogen) atoms. The Morgan fingerprint density at radius 1 is 0.441 bits per heavy atom. The summed E-state index contributed by atoms with van der Waals surface area (Å²) in [5, 5.41) is 0. The molecule has 0 atom stereocenters. The summed E-state index contributed by atoms with van der Waals surface area (Å²) in [6, 6.07) is 11.7. The molecule has 0 saturated carbocycles. The van der Waals surface area contributed by atoms with Crippen LogP contribution in [0.2, 0.25) is 0 Å². The molecule has 0 aliphatic carbocycles. The van der Waals surface area contributed by atoms with E-state index in [0.717, 1.165) is 91.9 Å². The van der Waals surface area contributed by atoms with Crippen LogP contribution in [0.5, 0.6) is 23.0 Å². The predicted molar refractivity (Wildman–Crippen MR) is 255 cm³/mol. The van der Waals surface area contributed by atoms with Gasteiger partial charge in [0.25, 0.3) is 0 Å². The minimum absolute atomic E-state index is 0.585. The summed E-state index contributed by atoms with van der Waals surface area (Å²) in [7, 11) is 0. The molecule has 2 aliphatic rings. The third kappa shape index (κ3) is 20.9. The van der Waals surface area contributed by atoms with Crippen molar-refractivity contribution in [2.75, 3.05) is 13.2 Å². The van der Waals surface area contributed by atoms with Crippen LogP contribution in [-0.2, 0) is 0 Å². The van der Waals surface area contributed by atoms with Crippen molar-refractivity contribution in [1.82, 2.24) is 0 Å². The van der Waals surface area contributed by atoms with Gasteiger partial charge in [-0.3, -0.25) is 0 Å². The molecule has 4 heteroatoms. The monoisotopic (exact) mass is 797 g/mol. The highest BCUT2D eigenvalue weighted by atomic mass is 16.5. The largest absolute Gasteiger partial charge is 0.490 e. The number of ether oxygens (including phenoxy) is 4. The predicted octanol–water partition coefficient (Wildman–Crippen LogP) is 16.5. The van der Waals surface area contributed by atoms with Gasteiger partial charge >= 0.3 is 0 Å². The maximum atomic E-state index is 5.90. The second-order valence-corrected chi connectivity index (χ2v) is 16.3. The first-order valence-corrected chi connectivity index (χ1v) is 21.5.